The van der Waals surface area contributed by atoms with E-state index < -0.39 is 11.7 Å². The van der Waals surface area contributed by atoms with E-state index in [0.29, 0.717) is 29.3 Å². The number of rotatable bonds is 5. The SMILES string of the molecule is CCOc1nn2[nH]c(C)nc2c1N=Nc1nc(-c2ccc(C(F)(F)F)cc2)ns1. The van der Waals surface area contributed by atoms with Gasteiger partial charge in [-0.25, -0.2) is 4.98 Å². The summed E-state index contributed by atoms with van der Waals surface area (Å²) in [4.78, 5) is 8.50. The lowest BCUT2D eigenvalue weighted by atomic mass is 10.1. The largest absolute Gasteiger partial charge is 0.475 e. The minimum absolute atomic E-state index is 0.231. The molecule has 0 unspecified atom stereocenters. The molecule has 0 fully saturated rings. The molecule has 0 saturated carbocycles. The van der Waals surface area contributed by atoms with Crippen molar-refractivity contribution in [2.24, 2.45) is 10.2 Å². The maximum Gasteiger partial charge on any atom is 0.416 e. The molecule has 4 aromatic rings. The number of halogens is 3. The number of H-pyrrole nitrogens is 1. The third-order valence-corrected chi connectivity index (χ3v) is 4.35. The number of hydrogen-bond donors (Lipinski definition) is 1. The molecule has 1 N–H and O–H groups in total. The van der Waals surface area contributed by atoms with Crippen LogP contribution < -0.4 is 4.74 Å². The Morgan fingerprint density at radius 3 is 2.62 bits per heavy atom. The molecule has 29 heavy (non-hydrogen) atoms. The first-order valence-corrected chi connectivity index (χ1v) is 9.13. The summed E-state index contributed by atoms with van der Waals surface area (Å²) >= 11 is 0.966. The molecule has 0 aliphatic rings. The first-order chi connectivity index (χ1) is 13.8. The molecule has 3 aromatic heterocycles. The van der Waals surface area contributed by atoms with Gasteiger partial charge in [-0.2, -0.15) is 22.5 Å². The van der Waals surface area contributed by atoms with Gasteiger partial charge in [-0.1, -0.05) is 12.1 Å². The normalized spacial score (nSPS) is 12.3. The van der Waals surface area contributed by atoms with Gasteiger partial charge in [-0.15, -0.1) is 20.0 Å². The number of aryl methyl sites for hydroxylation is 1. The van der Waals surface area contributed by atoms with Crippen LogP contribution in [-0.2, 0) is 6.18 Å². The van der Waals surface area contributed by atoms with E-state index >= 15 is 0 Å². The van der Waals surface area contributed by atoms with Gasteiger partial charge in [0.1, 0.15) is 5.82 Å². The smallest absolute Gasteiger partial charge is 0.416 e. The Balaban J connectivity index is 1.60. The number of nitrogens with zero attached hydrogens (tertiary/aromatic N) is 7. The van der Waals surface area contributed by atoms with Gasteiger partial charge in [0.15, 0.2) is 11.5 Å². The van der Waals surface area contributed by atoms with Crippen molar-refractivity contribution in [3.8, 4) is 17.3 Å². The summed E-state index contributed by atoms with van der Waals surface area (Å²) < 4.78 is 49.1. The van der Waals surface area contributed by atoms with E-state index in [4.69, 9.17) is 4.74 Å². The number of nitrogens with one attached hydrogen (secondary N) is 1. The molecule has 4 rings (SSSR count). The zero-order valence-corrected chi connectivity index (χ0v) is 15.9. The van der Waals surface area contributed by atoms with Gasteiger partial charge in [-0.05, 0) is 26.0 Å². The van der Waals surface area contributed by atoms with Crippen LogP contribution in [0.25, 0.3) is 17.0 Å². The molecule has 0 radical (unpaired) electrons. The van der Waals surface area contributed by atoms with Crippen molar-refractivity contribution in [3.05, 3.63) is 35.7 Å². The Morgan fingerprint density at radius 2 is 1.93 bits per heavy atom. The number of aromatic nitrogens is 6. The Bertz CT molecular complexity index is 1180. The van der Waals surface area contributed by atoms with E-state index in [9.17, 15) is 13.2 Å². The second-order valence-corrected chi connectivity index (χ2v) is 6.54. The third kappa shape index (κ3) is 3.81. The molecule has 13 heteroatoms. The summed E-state index contributed by atoms with van der Waals surface area (Å²) in [6.07, 6.45) is -4.40. The minimum Gasteiger partial charge on any atom is -0.475 e. The highest BCUT2D eigenvalue weighted by Crippen LogP contribution is 2.34. The standard InChI is InChI=1S/C16H13F3N8OS/c1-3-28-14-11(13-20-8(2)24-27(13)25-14)22-23-15-21-12(26-29-15)9-4-6-10(7-5-9)16(17,18)19/h4-7H,3H2,1-2H3,(H,20,24). The van der Waals surface area contributed by atoms with Crippen LogP contribution >= 0.6 is 11.5 Å². The third-order valence-electron chi connectivity index (χ3n) is 3.75. The maximum absolute atomic E-state index is 12.7. The number of ether oxygens (including phenoxy) is 1. The molecule has 0 aliphatic heterocycles. The Hall–Kier alpha value is -3.35. The first kappa shape index (κ1) is 19.0. The Morgan fingerprint density at radius 1 is 1.17 bits per heavy atom. The fourth-order valence-electron chi connectivity index (χ4n) is 2.49. The van der Waals surface area contributed by atoms with E-state index in [1.807, 2.05) is 6.92 Å². The van der Waals surface area contributed by atoms with Crippen LogP contribution in [0.1, 0.15) is 18.3 Å². The van der Waals surface area contributed by atoms with Crippen molar-refractivity contribution in [1.82, 2.24) is 29.2 Å². The lowest BCUT2D eigenvalue weighted by Gasteiger charge is -2.05. The first-order valence-electron chi connectivity index (χ1n) is 8.36. The number of alkyl halides is 3. The highest BCUT2D eigenvalue weighted by atomic mass is 32.1. The van der Waals surface area contributed by atoms with Crippen LogP contribution in [0, 0.1) is 6.92 Å². The van der Waals surface area contributed by atoms with Gasteiger partial charge in [0.25, 0.3) is 5.88 Å². The quantitative estimate of drug-likeness (QED) is 0.469. The van der Waals surface area contributed by atoms with Crippen molar-refractivity contribution in [1.29, 1.82) is 0 Å². The average molecular weight is 422 g/mol. The van der Waals surface area contributed by atoms with E-state index in [1.54, 1.807) is 6.92 Å². The number of hydrogen-bond acceptors (Lipinski definition) is 8. The van der Waals surface area contributed by atoms with Crippen molar-refractivity contribution in [2.75, 3.05) is 6.61 Å². The molecule has 0 spiro atoms. The van der Waals surface area contributed by atoms with Crippen LogP contribution in [0.15, 0.2) is 34.5 Å². The molecule has 0 aliphatic carbocycles. The van der Waals surface area contributed by atoms with Crippen LogP contribution in [-0.4, -0.2) is 35.8 Å². The lowest BCUT2D eigenvalue weighted by Crippen LogP contribution is -2.04. The van der Waals surface area contributed by atoms with Gasteiger partial charge in [0.05, 0.1) is 12.2 Å². The molecule has 150 valence electrons. The van der Waals surface area contributed by atoms with Gasteiger partial charge in [0, 0.05) is 17.1 Å². The average Bonchev–Trinajstić information content (AvgIpc) is 3.35. The van der Waals surface area contributed by atoms with Crippen LogP contribution in [0.3, 0.4) is 0 Å². The summed E-state index contributed by atoms with van der Waals surface area (Å²) in [5.41, 5.74) is 0.491. The molecular weight excluding hydrogens is 409 g/mol. The molecule has 1 aromatic carbocycles. The zero-order chi connectivity index (χ0) is 20.6. The van der Waals surface area contributed by atoms with E-state index in [1.165, 1.54) is 16.8 Å². The number of benzene rings is 1. The highest BCUT2D eigenvalue weighted by molar-refractivity contribution is 7.09. The van der Waals surface area contributed by atoms with Crippen LogP contribution in [0.4, 0.5) is 24.0 Å². The van der Waals surface area contributed by atoms with Gasteiger partial charge >= 0.3 is 6.18 Å². The predicted molar refractivity (Wildman–Crippen MR) is 97.8 cm³/mol. The van der Waals surface area contributed by atoms with E-state index in [-0.39, 0.29) is 16.8 Å². The molecular formula is C16H13F3N8OS. The van der Waals surface area contributed by atoms with Crippen molar-refractivity contribution in [3.63, 3.8) is 0 Å². The zero-order valence-electron chi connectivity index (χ0n) is 15.1. The fraction of sp³-hybridized carbons (Fsp3) is 0.250. The summed E-state index contributed by atoms with van der Waals surface area (Å²) in [5, 5.41) is 15.6. The number of fused-ring (bicyclic) bond motifs is 1. The molecule has 0 saturated heterocycles. The van der Waals surface area contributed by atoms with Gasteiger partial charge in [-0.3, -0.25) is 5.10 Å². The monoisotopic (exact) mass is 422 g/mol. The Labute approximate surface area is 165 Å². The molecule has 0 bridgehead atoms. The predicted octanol–water partition coefficient (Wildman–Crippen LogP) is 4.72. The van der Waals surface area contributed by atoms with Gasteiger partial charge < -0.3 is 4.74 Å². The number of azo groups is 1. The highest BCUT2D eigenvalue weighted by Gasteiger charge is 2.30. The second-order valence-electron chi connectivity index (χ2n) is 5.81. The lowest BCUT2D eigenvalue weighted by molar-refractivity contribution is -0.137. The molecule has 0 amide bonds. The summed E-state index contributed by atoms with van der Waals surface area (Å²) in [6, 6.07) is 4.59. The topological polar surface area (TPSA) is 106 Å². The molecule has 3 heterocycles. The van der Waals surface area contributed by atoms with Gasteiger partial charge in [0.2, 0.25) is 10.8 Å². The van der Waals surface area contributed by atoms with Crippen molar-refractivity contribution >= 4 is 28.0 Å². The van der Waals surface area contributed by atoms with Crippen molar-refractivity contribution < 1.29 is 17.9 Å². The Kier molecular flexibility index (Phi) is 4.74. The van der Waals surface area contributed by atoms with Crippen molar-refractivity contribution in [2.45, 2.75) is 20.0 Å². The van der Waals surface area contributed by atoms with Crippen LogP contribution in [0.5, 0.6) is 5.88 Å². The number of aromatic amines is 1. The minimum atomic E-state index is -4.40. The van der Waals surface area contributed by atoms with E-state index in [0.717, 1.165) is 23.7 Å². The summed E-state index contributed by atoms with van der Waals surface area (Å²) in [6.45, 7) is 3.98. The summed E-state index contributed by atoms with van der Waals surface area (Å²) in [7, 11) is 0. The maximum atomic E-state index is 12.7. The second kappa shape index (κ2) is 7.24. The van der Waals surface area contributed by atoms with E-state index in [2.05, 4.69) is 34.8 Å². The van der Waals surface area contributed by atoms with Crippen LogP contribution in [0.2, 0.25) is 0 Å². The fourth-order valence-corrected chi connectivity index (χ4v) is 3.01. The summed E-state index contributed by atoms with van der Waals surface area (Å²) in [5.74, 6) is 1.17. The molecule has 0 atom stereocenters. The molecule has 9 nitrogen and oxygen atoms in total.